The first-order valence-corrected chi connectivity index (χ1v) is 12.5. The third-order valence-corrected chi connectivity index (χ3v) is 7.24. The summed E-state index contributed by atoms with van der Waals surface area (Å²) in [7, 11) is 2.01. The van der Waals surface area contributed by atoms with Crippen molar-refractivity contribution < 1.29 is 9.84 Å². The molecule has 4 heterocycles. The lowest BCUT2D eigenvalue weighted by Gasteiger charge is -2.33. The number of anilines is 1. The summed E-state index contributed by atoms with van der Waals surface area (Å²) in [4.78, 5) is 7.37. The molecule has 0 aliphatic carbocycles. The van der Waals surface area contributed by atoms with Crippen LogP contribution in [0.25, 0.3) is 16.9 Å². The fourth-order valence-electron chi connectivity index (χ4n) is 5.42. The Bertz CT molecular complexity index is 1370. The van der Waals surface area contributed by atoms with Gasteiger partial charge in [-0.3, -0.25) is 4.90 Å². The number of hydrogen-bond acceptors (Lipinski definition) is 6. The van der Waals surface area contributed by atoms with E-state index in [1.807, 2.05) is 42.8 Å². The lowest BCUT2D eigenvalue weighted by Crippen LogP contribution is -2.37. The summed E-state index contributed by atoms with van der Waals surface area (Å²) in [6.45, 7) is 4.85. The fraction of sp³-hybridized carbons (Fsp3) is 0.333. The number of phenolic OH excluding ortho intramolecular Hbond substituents is 1. The van der Waals surface area contributed by atoms with Gasteiger partial charge in [-0.15, -0.1) is 0 Å². The average molecular weight is 467 g/mol. The van der Waals surface area contributed by atoms with Crippen LogP contribution in [0.1, 0.15) is 24.0 Å². The molecule has 6 rings (SSSR count). The molecule has 2 N–H and O–H groups in total. The van der Waals surface area contributed by atoms with Gasteiger partial charge in [0.25, 0.3) is 0 Å². The molecule has 4 aromatic rings. The molecule has 0 saturated carbocycles. The third-order valence-electron chi connectivity index (χ3n) is 7.24. The van der Waals surface area contributed by atoms with Crippen molar-refractivity contribution >= 4 is 24.8 Å². The summed E-state index contributed by atoms with van der Waals surface area (Å²) < 4.78 is 7.63. The van der Waals surface area contributed by atoms with E-state index in [0.717, 1.165) is 73.1 Å². The molecular weight excluding hydrogens is 437 g/mol. The molecule has 1 unspecified atom stereocenters. The SMILES string of the molecule is Bc1cnn2c(NCC3CCCN(Cc4cccc5c4CCO5)C3)cc(-c3ccccc3O)nc12. The molecule has 0 spiro atoms. The third kappa shape index (κ3) is 4.34. The summed E-state index contributed by atoms with van der Waals surface area (Å²) >= 11 is 0. The molecular formula is C27H30BN5O2. The van der Waals surface area contributed by atoms with E-state index in [1.165, 1.54) is 24.0 Å². The number of phenols is 1. The Morgan fingerprint density at radius 1 is 1.17 bits per heavy atom. The van der Waals surface area contributed by atoms with Gasteiger partial charge in [0.2, 0.25) is 0 Å². The average Bonchev–Trinajstić information content (AvgIpc) is 3.51. The Morgan fingerprint density at radius 3 is 3.00 bits per heavy atom. The maximum Gasteiger partial charge on any atom is 0.151 e. The van der Waals surface area contributed by atoms with Crippen molar-refractivity contribution in [1.82, 2.24) is 19.5 Å². The van der Waals surface area contributed by atoms with Crippen LogP contribution in [-0.4, -0.2) is 58.7 Å². The van der Waals surface area contributed by atoms with Crippen molar-refractivity contribution in [2.75, 3.05) is 31.6 Å². The molecule has 1 fully saturated rings. The largest absolute Gasteiger partial charge is 0.507 e. The minimum Gasteiger partial charge on any atom is -0.507 e. The summed E-state index contributed by atoms with van der Waals surface area (Å²) in [5.41, 5.74) is 6.07. The number of ether oxygens (including phenoxy) is 1. The summed E-state index contributed by atoms with van der Waals surface area (Å²) in [5.74, 6) is 2.74. The van der Waals surface area contributed by atoms with Crippen LogP contribution in [-0.2, 0) is 13.0 Å². The Morgan fingerprint density at radius 2 is 2.09 bits per heavy atom. The van der Waals surface area contributed by atoms with Crippen LogP contribution in [0.15, 0.2) is 54.7 Å². The second kappa shape index (κ2) is 9.26. The van der Waals surface area contributed by atoms with Gasteiger partial charge >= 0.3 is 0 Å². The number of benzene rings is 2. The maximum atomic E-state index is 10.4. The van der Waals surface area contributed by atoms with Crippen LogP contribution in [0.3, 0.4) is 0 Å². The van der Waals surface area contributed by atoms with E-state index in [4.69, 9.17) is 9.72 Å². The first kappa shape index (κ1) is 22.0. The van der Waals surface area contributed by atoms with Crippen molar-refractivity contribution in [3.8, 4) is 22.8 Å². The molecule has 178 valence electrons. The molecule has 1 saturated heterocycles. The van der Waals surface area contributed by atoms with Gasteiger partial charge < -0.3 is 15.2 Å². The number of para-hydroxylation sites is 1. The first-order valence-electron chi connectivity index (χ1n) is 12.5. The molecule has 2 aliphatic rings. The van der Waals surface area contributed by atoms with Crippen LogP contribution in [0, 0.1) is 5.92 Å². The number of piperidine rings is 1. The number of fused-ring (bicyclic) bond motifs is 2. The molecule has 0 radical (unpaired) electrons. The van der Waals surface area contributed by atoms with Crippen LogP contribution in [0.2, 0.25) is 0 Å². The van der Waals surface area contributed by atoms with Gasteiger partial charge in [0, 0.05) is 49.4 Å². The highest BCUT2D eigenvalue weighted by Crippen LogP contribution is 2.31. The zero-order valence-electron chi connectivity index (χ0n) is 20.1. The standard InChI is InChI=1S/C27H30BN5O2/c28-22-15-30-33-26(13-23(31-27(22)33)21-7-1-2-8-24(21)34)29-14-18-5-4-11-32(16-18)17-19-6-3-9-25-20(19)10-12-35-25/h1-3,6-9,13,15,18,29,34H,4-5,10-12,14,16-17,28H2. The van der Waals surface area contributed by atoms with Crippen molar-refractivity contribution in [1.29, 1.82) is 0 Å². The minimum atomic E-state index is 0.230. The first-order chi connectivity index (χ1) is 17.2. The number of rotatable bonds is 6. The molecule has 2 aliphatic heterocycles. The highest BCUT2D eigenvalue weighted by atomic mass is 16.5. The van der Waals surface area contributed by atoms with E-state index in [0.29, 0.717) is 5.92 Å². The minimum absolute atomic E-state index is 0.230. The highest BCUT2D eigenvalue weighted by molar-refractivity contribution is 6.36. The van der Waals surface area contributed by atoms with Gasteiger partial charge in [-0.05, 0) is 54.5 Å². The zero-order valence-corrected chi connectivity index (χ0v) is 20.1. The van der Waals surface area contributed by atoms with Gasteiger partial charge in [0.05, 0.1) is 12.3 Å². The summed E-state index contributed by atoms with van der Waals surface area (Å²) in [5, 5.41) is 18.6. The van der Waals surface area contributed by atoms with E-state index < -0.39 is 0 Å². The van der Waals surface area contributed by atoms with E-state index in [9.17, 15) is 5.11 Å². The van der Waals surface area contributed by atoms with Crippen LogP contribution in [0.5, 0.6) is 11.5 Å². The lowest BCUT2D eigenvalue weighted by atomic mass is 9.96. The predicted octanol–water partition coefficient (Wildman–Crippen LogP) is 2.62. The zero-order chi connectivity index (χ0) is 23.8. The van der Waals surface area contributed by atoms with E-state index in [2.05, 4.69) is 33.5 Å². The molecule has 35 heavy (non-hydrogen) atoms. The highest BCUT2D eigenvalue weighted by Gasteiger charge is 2.23. The Labute approximate surface area is 206 Å². The molecule has 2 aromatic carbocycles. The smallest absolute Gasteiger partial charge is 0.151 e. The van der Waals surface area contributed by atoms with Crippen LogP contribution >= 0.6 is 0 Å². The van der Waals surface area contributed by atoms with Gasteiger partial charge in [-0.25, -0.2) is 4.98 Å². The number of nitrogens with zero attached hydrogens (tertiary/aromatic N) is 4. The summed E-state index contributed by atoms with van der Waals surface area (Å²) in [6, 6.07) is 15.8. The Hall–Kier alpha value is -3.52. The number of hydrogen-bond donors (Lipinski definition) is 2. The van der Waals surface area contributed by atoms with E-state index in [1.54, 1.807) is 6.07 Å². The van der Waals surface area contributed by atoms with E-state index in [-0.39, 0.29) is 5.75 Å². The second-order valence-electron chi connectivity index (χ2n) is 9.72. The summed E-state index contributed by atoms with van der Waals surface area (Å²) in [6.07, 6.45) is 5.27. The van der Waals surface area contributed by atoms with Crippen molar-refractivity contribution in [2.24, 2.45) is 5.92 Å². The quantitative estimate of drug-likeness (QED) is 0.425. The van der Waals surface area contributed by atoms with Gasteiger partial charge in [0.15, 0.2) is 5.65 Å². The molecule has 7 nitrogen and oxygen atoms in total. The molecule has 1 atom stereocenters. The maximum absolute atomic E-state index is 10.4. The van der Waals surface area contributed by atoms with Crippen molar-refractivity contribution in [3.05, 3.63) is 65.9 Å². The molecule has 0 amide bonds. The number of nitrogens with one attached hydrogen (secondary N) is 1. The van der Waals surface area contributed by atoms with Crippen LogP contribution < -0.4 is 15.5 Å². The topological polar surface area (TPSA) is 74.9 Å². The van der Waals surface area contributed by atoms with Gasteiger partial charge in [-0.1, -0.05) is 24.3 Å². The van der Waals surface area contributed by atoms with E-state index >= 15 is 0 Å². The molecule has 8 heteroatoms. The van der Waals surface area contributed by atoms with Crippen molar-refractivity contribution in [3.63, 3.8) is 0 Å². The van der Waals surface area contributed by atoms with Gasteiger partial charge in [-0.2, -0.15) is 9.61 Å². The molecule has 2 aromatic heterocycles. The Balaban J connectivity index is 1.19. The second-order valence-corrected chi connectivity index (χ2v) is 9.72. The number of likely N-dealkylation sites (tertiary alicyclic amines) is 1. The molecule has 0 bridgehead atoms. The van der Waals surface area contributed by atoms with Gasteiger partial charge in [0.1, 0.15) is 25.2 Å². The van der Waals surface area contributed by atoms with Crippen molar-refractivity contribution in [2.45, 2.75) is 25.8 Å². The van der Waals surface area contributed by atoms with Crippen LogP contribution in [0.4, 0.5) is 5.82 Å². The fourth-order valence-corrected chi connectivity index (χ4v) is 5.42. The lowest BCUT2D eigenvalue weighted by molar-refractivity contribution is 0.173. The predicted molar refractivity (Wildman–Crippen MR) is 140 cm³/mol. The monoisotopic (exact) mass is 467 g/mol. The number of aromatic nitrogens is 3. The normalized spacial score (nSPS) is 17.9. The number of aromatic hydroxyl groups is 1. The Kier molecular flexibility index (Phi) is 5.82.